The monoisotopic (exact) mass is 295 g/mol. The topological polar surface area (TPSA) is 46.2 Å². The first-order valence-corrected chi connectivity index (χ1v) is 7.52. The van der Waals surface area contributed by atoms with Gasteiger partial charge in [0.2, 0.25) is 0 Å². The molecular weight excluding hydrogens is 274 g/mol. The van der Waals surface area contributed by atoms with Crippen molar-refractivity contribution in [3.63, 3.8) is 0 Å². The zero-order chi connectivity index (χ0) is 16.1. The van der Waals surface area contributed by atoms with Crippen LogP contribution in [-0.4, -0.2) is 17.6 Å². The van der Waals surface area contributed by atoms with Crippen LogP contribution in [0.4, 0.5) is 5.69 Å². The molecule has 0 aliphatic heterocycles. The molecule has 2 aromatic rings. The van der Waals surface area contributed by atoms with Gasteiger partial charge >= 0.3 is 0 Å². The lowest BCUT2D eigenvalue weighted by Crippen LogP contribution is -2.26. The van der Waals surface area contributed by atoms with Gasteiger partial charge in [0.15, 0.2) is 11.6 Å². The van der Waals surface area contributed by atoms with Crippen molar-refractivity contribution in [2.45, 2.75) is 33.2 Å². The minimum Gasteiger partial charge on any atom is -0.375 e. The Morgan fingerprint density at radius 2 is 1.68 bits per heavy atom. The van der Waals surface area contributed by atoms with Gasteiger partial charge in [-0.2, -0.15) is 0 Å². The van der Waals surface area contributed by atoms with Crippen LogP contribution in [0.15, 0.2) is 48.5 Å². The molecule has 0 aliphatic carbocycles. The second kappa shape index (κ2) is 7.03. The highest BCUT2D eigenvalue weighted by atomic mass is 16.1. The number of ketones is 2. The van der Waals surface area contributed by atoms with E-state index >= 15 is 0 Å². The first kappa shape index (κ1) is 16.0. The summed E-state index contributed by atoms with van der Waals surface area (Å²) in [6, 6.07) is 14.5. The second-order valence-corrected chi connectivity index (χ2v) is 5.45. The molecule has 2 rings (SSSR count). The third kappa shape index (κ3) is 3.82. The number of aryl methyl sites for hydroxylation is 1. The molecule has 0 aromatic heterocycles. The Bertz CT molecular complexity index is 674. The zero-order valence-corrected chi connectivity index (χ0v) is 13.2. The molecule has 0 amide bonds. The molecule has 0 fully saturated rings. The van der Waals surface area contributed by atoms with E-state index < -0.39 is 0 Å². The summed E-state index contributed by atoms with van der Waals surface area (Å²) in [5.41, 5.74) is 3.24. The van der Waals surface area contributed by atoms with Crippen LogP contribution in [0.25, 0.3) is 0 Å². The second-order valence-electron chi connectivity index (χ2n) is 5.45. The van der Waals surface area contributed by atoms with Crippen molar-refractivity contribution < 1.29 is 9.59 Å². The molecule has 2 aromatic carbocycles. The van der Waals surface area contributed by atoms with Gasteiger partial charge in [-0.1, -0.05) is 42.8 Å². The van der Waals surface area contributed by atoms with Crippen molar-refractivity contribution in [1.82, 2.24) is 0 Å². The molecule has 0 aliphatic rings. The molecule has 3 heteroatoms. The Labute approximate surface area is 131 Å². The minimum absolute atomic E-state index is 0.0219. The van der Waals surface area contributed by atoms with Gasteiger partial charge in [-0.3, -0.25) is 9.59 Å². The van der Waals surface area contributed by atoms with E-state index in [4.69, 9.17) is 0 Å². The van der Waals surface area contributed by atoms with Gasteiger partial charge in [0.25, 0.3) is 0 Å². The Kier molecular flexibility index (Phi) is 5.10. The zero-order valence-electron chi connectivity index (χ0n) is 13.2. The number of rotatable bonds is 6. The van der Waals surface area contributed by atoms with Gasteiger partial charge in [-0.25, -0.2) is 0 Å². The summed E-state index contributed by atoms with van der Waals surface area (Å²) in [7, 11) is 0. The average Bonchev–Trinajstić information content (AvgIpc) is 2.55. The standard InChI is InChI=1S/C19H21NO2/c1-4-18(21)15-6-5-7-16(12-15)19(22)14(3)20-17-10-8-13(2)9-11-17/h5-12,14,20H,4H2,1-3H3. The molecule has 1 atom stereocenters. The highest BCUT2D eigenvalue weighted by Gasteiger charge is 2.16. The lowest BCUT2D eigenvalue weighted by Gasteiger charge is -2.15. The average molecular weight is 295 g/mol. The molecular formula is C19H21NO2. The maximum atomic E-state index is 12.5. The van der Waals surface area contributed by atoms with Crippen LogP contribution in [-0.2, 0) is 0 Å². The van der Waals surface area contributed by atoms with Crippen LogP contribution in [0.3, 0.4) is 0 Å². The van der Waals surface area contributed by atoms with Crippen molar-refractivity contribution in [1.29, 1.82) is 0 Å². The van der Waals surface area contributed by atoms with Crippen LogP contribution < -0.4 is 5.32 Å². The summed E-state index contributed by atoms with van der Waals surface area (Å²) in [4.78, 5) is 24.3. The van der Waals surface area contributed by atoms with E-state index in [1.54, 1.807) is 24.3 Å². The number of nitrogens with one attached hydrogen (secondary N) is 1. The molecule has 0 heterocycles. The summed E-state index contributed by atoms with van der Waals surface area (Å²) < 4.78 is 0. The molecule has 1 N–H and O–H groups in total. The number of Topliss-reactive ketones (excluding diaryl/α,β-unsaturated/α-hetero) is 2. The van der Waals surface area contributed by atoms with Gasteiger partial charge in [-0.05, 0) is 32.0 Å². The number of hydrogen-bond donors (Lipinski definition) is 1. The van der Waals surface area contributed by atoms with Crippen molar-refractivity contribution in [2.75, 3.05) is 5.32 Å². The highest BCUT2D eigenvalue weighted by Crippen LogP contribution is 2.14. The molecule has 3 nitrogen and oxygen atoms in total. The number of hydrogen-bond acceptors (Lipinski definition) is 3. The van der Waals surface area contributed by atoms with Gasteiger partial charge in [-0.15, -0.1) is 0 Å². The summed E-state index contributed by atoms with van der Waals surface area (Å²) in [5.74, 6) is 0.0279. The van der Waals surface area contributed by atoms with E-state index in [-0.39, 0.29) is 17.6 Å². The van der Waals surface area contributed by atoms with Gasteiger partial charge in [0.1, 0.15) is 0 Å². The van der Waals surface area contributed by atoms with Gasteiger partial charge in [0.05, 0.1) is 6.04 Å². The van der Waals surface area contributed by atoms with Crippen molar-refractivity contribution >= 4 is 17.3 Å². The molecule has 0 saturated carbocycles. The van der Waals surface area contributed by atoms with E-state index in [1.807, 2.05) is 45.0 Å². The van der Waals surface area contributed by atoms with E-state index in [0.717, 1.165) is 5.69 Å². The molecule has 0 bridgehead atoms. The fraction of sp³-hybridized carbons (Fsp3) is 0.263. The lowest BCUT2D eigenvalue weighted by atomic mass is 10.00. The SMILES string of the molecule is CCC(=O)c1cccc(C(=O)C(C)Nc2ccc(C)cc2)c1. The number of benzene rings is 2. The van der Waals surface area contributed by atoms with Crippen molar-refractivity contribution in [2.24, 2.45) is 0 Å². The molecule has 114 valence electrons. The third-order valence-corrected chi connectivity index (χ3v) is 3.62. The largest absolute Gasteiger partial charge is 0.375 e. The molecule has 22 heavy (non-hydrogen) atoms. The number of carbonyl (C=O) groups excluding carboxylic acids is 2. The van der Waals surface area contributed by atoms with Crippen LogP contribution in [0.2, 0.25) is 0 Å². The Balaban J connectivity index is 2.13. The fourth-order valence-electron chi connectivity index (χ4n) is 2.27. The molecule has 1 unspecified atom stereocenters. The summed E-state index contributed by atoms with van der Waals surface area (Å²) in [5, 5.41) is 3.20. The molecule has 0 radical (unpaired) electrons. The predicted molar refractivity (Wildman–Crippen MR) is 89.7 cm³/mol. The molecule has 0 saturated heterocycles. The Morgan fingerprint density at radius 3 is 2.32 bits per heavy atom. The van der Waals surface area contributed by atoms with Crippen molar-refractivity contribution in [3.05, 3.63) is 65.2 Å². The summed E-state index contributed by atoms with van der Waals surface area (Å²) in [6.07, 6.45) is 0.439. The lowest BCUT2D eigenvalue weighted by molar-refractivity contribution is 0.0975. The van der Waals surface area contributed by atoms with Crippen LogP contribution in [0.1, 0.15) is 46.5 Å². The fourth-order valence-corrected chi connectivity index (χ4v) is 2.27. The highest BCUT2D eigenvalue weighted by molar-refractivity contribution is 6.04. The summed E-state index contributed by atoms with van der Waals surface area (Å²) in [6.45, 7) is 5.67. The van der Waals surface area contributed by atoms with E-state index in [9.17, 15) is 9.59 Å². The predicted octanol–water partition coefficient (Wildman–Crippen LogP) is 4.27. The van der Waals surface area contributed by atoms with Crippen molar-refractivity contribution in [3.8, 4) is 0 Å². The minimum atomic E-state index is -0.352. The smallest absolute Gasteiger partial charge is 0.184 e. The number of carbonyl (C=O) groups is 2. The maximum absolute atomic E-state index is 12.5. The van der Waals surface area contributed by atoms with Gasteiger partial charge < -0.3 is 5.32 Å². The van der Waals surface area contributed by atoms with Crippen LogP contribution in [0.5, 0.6) is 0 Å². The van der Waals surface area contributed by atoms with Crippen LogP contribution in [0, 0.1) is 6.92 Å². The number of anilines is 1. The first-order valence-electron chi connectivity index (χ1n) is 7.52. The quantitative estimate of drug-likeness (QED) is 0.809. The van der Waals surface area contributed by atoms with Crippen LogP contribution >= 0.6 is 0 Å². The normalized spacial score (nSPS) is 11.8. The molecule has 0 spiro atoms. The Morgan fingerprint density at radius 1 is 1.05 bits per heavy atom. The Hall–Kier alpha value is -2.42. The van der Waals surface area contributed by atoms with E-state index in [2.05, 4.69) is 5.32 Å². The maximum Gasteiger partial charge on any atom is 0.184 e. The first-order chi connectivity index (χ1) is 10.5. The van der Waals surface area contributed by atoms with E-state index in [1.165, 1.54) is 5.56 Å². The van der Waals surface area contributed by atoms with E-state index in [0.29, 0.717) is 17.5 Å². The summed E-state index contributed by atoms with van der Waals surface area (Å²) >= 11 is 0. The third-order valence-electron chi connectivity index (χ3n) is 3.62. The van der Waals surface area contributed by atoms with Gasteiger partial charge in [0, 0.05) is 23.2 Å².